The Kier molecular flexibility index (Phi) is 7.36. The first-order valence-corrected chi connectivity index (χ1v) is 10.3. The molecule has 0 aliphatic heterocycles. The maximum Gasteiger partial charge on any atom is 0.319 e. The zero-order valence-corrected chi connectivity index (χ0v) is 17.2. The molecule has 1 unspecified atom stereocenters. The van der Waals surface area contributed by atoms with Crippen LogP contribution in [0.4, 0.5) is 16.2 Å². The topological polar surface area (TPSA) is 79.5 Å². The predicted molar refractivity (Wildman–Crippen MR) is 116 cm³/mol. The molecule has 154 valence electrons. The van der Waals surface area contributed by atoms with E-state index in [4.69, 9.17) is 16.3 Å². The lowest BCUT2D eigenvalue weighted by Gasteiger charge is -2.22. The van der Waals surface area contributed by atoms with Crippen molar-refractivity contribution < 1.29 is 14.3 Å². The number of anilines is 2. The van der Waals surface area contributed by atoms with E-state index in [-0.39, 0.29) is 18.0 Å². The monoisotopic (exact) mass is 415 g/mol. The molecule has 1 aliphatic carbocycles. The van der Waals surface area contributed by atoms with Crippen molar-refractivity contribution in [2.75, 3.05) is 10.6 Å². The first-order valence-electron chi connectivity index (χ1n) is 9.91. The van der Waals surface area contributed by atoms with E-state index in [1.807, 2.05) is 0 Å². The summed E-state index contributed by atoms with van der Waals surface area (Å²) in [5.74, 6) is 0.168. The van der Waals surface area contributed by atoms with Gasteiger partial charge in [-0.1, -0.05) is 43.0 Å². The summed E-state index contributed by atoms with van der Waals surface area (Å²) in [5.41, 5.74) is 1.28. The molecular weight excluding hydrogens is 390 g/mol. The zero-order valence-electron chi connectivity index (χ0n) is 16.4. The lowest BCUT2D eigenvalue weighted by atomic mass is 9.96. The summed E-state index contributed by atoms with van der Waals surface area (Å²) in [6.07, 6.45) is 4.93. The van der Waals surface area contributed by atoms with Crippen LogP contribution >= 0.6 is 11.6 Å². The number of hydrogen-bond acceptors (Lipinski definition) is 3. The summed E-state index contributed by atoms with van der Waals surface area (Å²) in [6, 6.07) is 14.0. The van der Waals surface area contributed by atoms with Gasteiger partial charge in [0.1, 0.15) is 5.75 Å². The third-order valence-electron chi connectivity index (χ3n) is 4.86. The Balaban J connectivity index is 1.48. The van der Waals surface area contributed by atoms with E-state index in [0.717, 1.165) is 25.7 Å². The van der Waals surface area contributed by atoms with Crippen LogP contribution in [0, 0.1) is 0 Å². The number of para-hydroxylation sites is 1. The zero-order chi connectivity index (χ0) is 20.6. The fraction of sp³-hybridized carbons (Fsp3) is 0.364. The molecule has 3 amide bonds. The van der Waals surface area contributed by atoms with E-state index in [9.17, 15) is 9.59 Å². The molecule has 29 heavy (non-hydrogen) atoms. The number of hydrogen-bond donors (Lipinski definition) is 3. The fourth-order valence-corrected chi connectivity index (χ4v) is 3.44. The molecule has 6 nitrogen and oxygen atoms in total. The summed E-state index contributed by atoms with van der Waals surface area (Å²) < 4.78 is 5.62. The van der Waals surface area contributed by atoms with E-state index in [2.05, 4.69) is 16.0 Å². The van der Waals surface area contributed by atoms with E-state index >= 15 is 0 Å². The predicted octanol–water partition coefficient (Wildman–Crippen LogP) is 5.20. The van der Waals surface area contributed by atoms with Crippen molar-refractivity contribution in [3.63, 3.8) is 0 Å². The Labute approximate surface area is 176 Å². The molecule has 3 N–H and O–H groups in total. The Bertz CT molecular complexity index is 835. The largest absolute Gasteiger partial charge is 0.479 e. The normalized spacial score (nSPS) is 15.2. The van der Waals surface area contributed by atoms with Crippen LogP contribution in [0.5, 0.6) is 5.75 Å². The van der Waals surface area contributed by atoms with Crippen LogP contribution in [0.15, 0.2) is 48.5 Å². The molecule has 3 rings (SSSR count). The number of benzene rings is 2. The summed E-state index contributed by atoms with van der Waals surface area (Å²) in [4.78, 5) is 24.5. The third kappa shape index (κ3) is 6.39. The number of ether oxygens (including phenoxy) is 1. The maximum absolute atomic E-state index is 12.4. The number of halogens is 1. The Morgan fingerprint density at radius 2 is 1.59 bits per heavy atom. The van der Waals surface area contributed by atoms with Crippen LogP contribution in [-0.4, -0.2) is 24.1 Å². The van der Waals surface area contributed by atoms with Crippen molar-refractivity contribution >= 4 is 34.9 Å². The molecular formula is C22H26ClN3O3. The van der Waals surface area contributed by atoms with Crippen molar-refractivity contribution in [3.05, 3.63) is 53.6 Å². The number of amides is 3. The van der Waals surface area contributed by atoms with Crippen molar-refractivity contribution in [1.29, 1.82) is 0 Å². The van der Waals surface area contributed by atoms with Gasteiger partial charge in [0.2, 0.25) is 0 Å². The molecule has 1 aliphatic rings. The van der Waals surface area contributed by atoms with E-state index < -0.39 is 6.10 Å². The van der Waals surface area contributed by atoms with Crippen LogP contribution < -0.4 is 20.7 Å². The molecule has 0 spiro atoms. The number of rotatable bonds is 6. The molecule has 0 aromatic heterocycles. The van der Waals surface area contributed by atoms with Crippen molar-refractivity contribution in [2.45, 2.75) is 51.2 Å². The molecule has 7 heteroatoms. The van der Waals surface area contributed by atoms with Gasteiger partial charge in [0.05, 0.1) is 5.02 Å². The smallest absolute Gasteiger partial charge is 0.319 e. The van der Waals surface area contributed by atoms with Gasteiger partial charge in [0.15, 0.2) is 6.10 Å². The molecule has 0 saturated heterocycles. The van der Waals surface area contributed by atoms with Gasteiger partial charge in [0, 0.05) is 17.4 Å². The Hall–Kier alpha value is -2.73. The minimum atomic E-state index is -0.714. The highest BCUT2D eigenvalue weighted by molar-refractivity contribution is 6.32. The van der Waals surface area contributed by atoms with Gasteiger partial charge >= 0.3 is 6.03 Å². The molecule has 2 aromatic carbocycles. The van der Waals surface area contributed by atoms with Crippen LogP contribution in [0.2, 0.25) is 5.02 Å². The van der Waals surface area contributed by atoms with Crippen molar-refractivity contribution in [1.82, 2.24) is 5.32 Å². The average Bonchev–Trinajstić information content (AvgIpc) is 2.72. The maximum atomic E-state index is 12.4. The SMILES string of the molecule is CC(Oc1ccccc1Cl)C(=O)Nc1ccc(NC(=O)NC2CCCCC2)cc1. The lowest BCUT2D eigenvalue weighted by molar-refractivity contribution is -0.122. The minimum absolute atomic E-state index is 0.199. The molecule has 0 radical (unpaired) electrons. The number of carbonyl (C=O) groups excluding carboxylic acids is 2. The first kappa shape index (κ1) is 21.0. The fourth-order valence-electron chi connectivity index (χ4n) is 3.26. The minimum Gasteiger partial charge on any atom is -0.479 e. The molecule has 0 heterocycles. The van der Waals surface area contributed by atoms with E-state index in [1.54, 1.807) is 55.5 Å². The van der Waals surface area contributed by atoms with Gasteiger partial charge in [-0.25, -0.2) is 4.79 Å². The average molecular weight is 416 g/mol. The number of carbonyl (C=O) groups is 2. The second-order valence-corrected chi connectivity index (χ2v) is 7.60. The molecule has 1 atom stereocenters. The van der Waals surface area contributed by atoms with Gasteiger partial charge < -0.3 is 20.7 Å². The Morgan fingerprint density at radius 3 is 2.24 bits per heavy atom. The third-order valence-corrected chi connectivity index (χ3v) is 5.17. The highest BCUT2D eigenvalue weighted by atomic mass is 35.5. The highest BCUT2D eigenvalue weighted by Gasteiger charge is 2.17. The number of nitrogens with one attached hydrogen (secondary N) is 3. The van der Waals surface area contributed by atoms with Gasteiger partial charge in [-0.3, -0.25) is 4.79 Å². The van der Waals surface area contributed by atoms with Crippen molar-refractivity contribution in [3.8, 4) is 5.75 Å². The molecule has 1 fully saturated rings. The van der Waals surface area contributed by atoms with Gasteiger partial charge in [-0.05, 0) is 56.2 Å². The molecule has 0 bridgehead atoms. The highest BCUT2D eigenvalue weighted by Crippen LogP contribution is 2.24. The van der Waals surface area contributed by atoms with Gasteiger partial charge in [-0.2, -0.15) is 0 Å². The second-order valence-electron chi connectivity index (χ2n) is 7.19. The van der Waals surface area contributed by atoms with Gasteiger partial charge in [0.25, 0.3) is 5.91 Å². The van der Waals surface area contributed by atoms with Crippen LogP contribution in [0.3, 0.4) is 0 Å². The standard InChI is InChI=1S/C22H26ClN3O3/c1-15(29-20-10-6-5-9-19(20)23)21(27)24-17-11-13-18(14-12-17)26-22(28)25-16-7-3-2-4-8-16/h5-6,9-16H,2-4,7-8H2,1H3,(H,24,27)(H2,25,26,28). The number of urea groups is 1. The van der Waals surface area contributed by atoms with E-state index in [0.29, 0.717) is 22.1 Å². The summed E-state index contributed by atoms with van der Waals surface area (Å²) >= 11 is 6.06. The second kappa shape index (κ2) is 10.2. The summed E-state index contributed by atoms with van der Waals surface area (Å²) in [5, 5.41) is 9.08. The quantitative estimate of drug-likeness (QED) is 0.606. The lowest BCUT2D eigenvalue weighted by Crippen LogP contribution is -2.39. The van der Waals surface area contributed by atoms with Crippen molar-refractivity contribution in [2.24, 2.45) is 0 Å². The summed E-state index contributed by atoms with van der Waals surface area (Å²) in [6.45, 7) is 1.66. The van der Waals surface area contributed by atoms with Crippen LogP contribution in [0.1, 0.15) is 39.0 Å². The molecule has 2 aromatic rings. The Morgan fingerprint density at radius 1 is 0.966 bits per heavy atom. The van der Waals surface area contributed by atoms with Gasteiger partial charge in [-0.15, -0.1) is 0 Å². The van der Waals surface area contributed by atoms with E-state index in [1.165, 1.54) is 6.42 Å². The first-order chi connectivity index (χ1) is 14.0. The van der Waals surface area contributed by atoms with Crippen LogP contribution in [0.25, 0.3) is 0 Å². The van der Waals surface area contributed by atoms with Crippen LogP contribution in [-0.2, 0) is 4.79 Å². The summed E-state index contributed by atoms with van der Waals surface area (Å²) in [7, 11) is 0. The molecule has 1 saturated carbocycles.